The van der Waals surface area contributed by atoms with Gasteiger partial charge in [0.1, 0.15) is 13.2 Å². The van der Waals surface area contributed by atoms with Crippen LogP contribution in [0.2, 0.25) is 0 Å². The first-order valence-electron chi connectivity index (χ1n) is 27.7. The van der Waals surface area contributed by atoms with Crippen LogP contribution < -0.4 is 0 Å². The lowest BCUT2D eigenvalue weighted by molar-refractivity contribution is -0.167. The highest BCUT2D eigenvalue weighted by Crippen LogP contribution is 2.14. The molecule has 0 radical (unpaired) electrons. The molecule has 0 bridgehead atoms. The van der Waals surface area contributed by atoms with Crippen molar-refractivity contribution < 1.29 is 28.6 Å². The molecular weight excluding hydrogens is 829 g/mol. The predicted octanol–water partition coefficient (Wildman–Crippen LogP) is 18.5. The highest BCUT2D eigenvalue weighted by Gasteiger charge is 2.19. The second kappa shape index (κ2) is 54.9. The number of ether oxygens (including phenoxy) is 3. The second-order valence-electron chi connectivity index (χ2n) is 18.1. The van der Waals surface area contributed by atoms with Gasteiger partial charge in [-0.05, 0) is 122 Å². The van der Waals surface area contributed by atoms with E-state index >= 15 is 0 Å². The zero-order chi connectivity index (χ0) is 48.6. The Morgan fingerprint density at radius 1 is 0.313 bits per heavy atom. The van der Waals surface area contributed by atoms with Gasteiger partial charge in [-0.3, -0.25) is 14.4 Å². The molecule has 1 atom stereocenters. The molecule has 0 aliphatic rings. The summed E-state index contributed by atoms with van der Waals surface area (Å²) in [6, 6.07) is 0. The molecule has 0 heterocycles. The van der Waals surface area contributed by atoms with Gasteiger partial charge in [0.15, 0.2) is 6.10 Å². The van der Waals surface area contributed by atoms with Crippen molar-refractivity contribution >= 4 is 17.9 Å². The van der Waals surface area contributed by atoms with Crippen LogP contribution in [0.15, 0.2) is 97.2 Å². The molecule has 0 rings (SSSR count). The summed E-state index contributed by atoms with van der Waals surface area (Å²) in [5, 5.41) is 0. The summed E-state index contributed by atoms with van der Waals surface area (Å²) in [7, 11) is 0. The van der Waals surface area contributed by atoms with Crippen molar-refractivity contribution in [1.82, 2.24) is 0 Å². The van der Waals surface area contributed by atoms with E-state index in [9.17, 15) is 14.4 Å². The maximum atomic E-state index is 12.8. The zero-order valence-corrected chi connectivity index (χ0v) is 43.6. The van der Waals surface area contributed by atoms with E-state index in [0.717, 1.165) is 109 Å². The van der Waals surface area contributed by atoms with Gasteiger partial charge in [0.2, 0.25) is 0 Å². The summed E-state index contributed by atoms with van der Waals surface area (Å²) in [5.74, 6) is -0.961. The fourth-order valence-corrected chi connectivity index (χ4v) is 7.37. The number of carbonyl (C=O) groups is 3. The normalized spacial score (nSPS) is 12.8. The first-order valence-corrected chi connectivity index (χ1v) is 27.7. The van der Waals surface area contributed by atoms with E-state index in [0.29, 0.717) is 19.3 Å². The van der Waals surface area contributed by atoms with Crippen molar-refractivity contribution in [3.63, 3.8) is 0 Å². The lowest BCUT2D eigenvalue weighted by Crippen LogP contribution is -2.30. The summed E-state index contributed by atoms with van der Waals surface area (Å²) in [5.41, 5.74) is 0. The van der Waals surface area contributed by atoms with Crippen LogP contribution in [0, 0.1) is 0 Å². The van der Waals surface area contributed by atoms with E-state index in [-0.39, 0.29) is 37.5 Å². The third-order valence-corrected chi connectivity index (χ3v) is 11.5. The first-order chi connectivity index (χ1) is 33.0. The van der Waals surface area contributed by atoms with Crippen LogP contribution >= 0.6 is 0 Å². The number of carbonyl (C=O) groups excluding carboxylic acids is 3. The van der Waals surface area contributed by atoms with E-state index in [1.54, 1.807) is 0 Å². The first kappa shape index (κ1) is 63.3. The Morgan fingerprint density at radius 3 is 0.940 bits per heavy atom. The Bertz CT molecular complexity index is 1350. The summed E-state index contributed by atoms with van der Waals surface area (Å²) in [6.45, 7) is 6.42. The summed E-state index contributed by atoms with van der Waals surface area (Å²) >= 11 is 0. The second-order valence-corrected chi connectivity index (χ2v) is 18.1. The average Bonchev–Trinajstić information content (AvgIpc) is 3.33. The van der Waals surface area contributed by atoms with Crippen LogP contribution in [-0.4, -0.2) is 37.2 Å². The average molecular weight is 931 g/mol. The number of esters is 3. The SMILES string of the molecule is CC/C=C\C/C=C\C/C=C\C/C=C\CCCCC(=O)OC(COC(=O)CCCCCCC/C=C\C/C=C\CCCCC)COC(=O)CCCCCCCCCCC/C=C\C/C=C\CCCCC. The minimum absolute atomic E-state index is 0.102. The number of rotatable bonds is 49. The van der Waals surface area contributed by atoms with Gasteiger partial charge in [-0.1, -0.05) is 208 Å². The Labute approximate surface area is 413 Å². The molecule has 0 aromatic heterocycles. The van der Waals surface area contributed by atoms with Crippen LogP contribution in [-0.2, 0) is 28.6 Å². The summed E-state index contributed by atoms with van der Waals surface area (Å²) in [6.07, 6.45) is 72.5. The molecule has 0 fully saturated rings. The molecule has 0 saturated carbocycles. The third-order valence-electron chi connectivity index (χ3n) is 11.5. The van der Waals surface area contributed by atoms with E-state index in [1.807, 2.05) is 0 Å². The Hall–Kier alpha value is -3.67. The minimum atomic E-state index is -0.808. The molecule has 0 aliphatic heterocycles. The monoisotopic (exact) mass is 931 g/mol. The van der Waals surface area contributed by atoms with Crippen LogP contribution in [0.25, 0.3) is 0 Å². The molecule has 0 amide bonds. The van der Waals surface area contributed by atoms with Gasteiger partial charge < -0.3 is 14.2 Å². The minimum Gasteiger partial charge on any atom is -0.462 e. The molecular formula is C61H102O6. The topological polar surface area (TPSA) is 78.9 Å². The predicted molar refractivity (Wildman–Crippen MR) is 288 cm³/mol. The highest BCUT2D eigenvalue weighted by molar-refractivity contribution is 5.71. The van der Waals surface area contributed by atoms with Gasteiger partial charge in [0.05, 0.1) is 0 Å². The fraction of sp³-hybridized carbons (Fsp3) is 0.689. The molecule has 67 heavy (non-hydrogen) atoms. The molecule has 0 aromatic carbocycles. The maximum absolute atomic E-state index is 12.8. The quantitative estimate of drug-likeness (QED) is 0.0262. The van der Waals surface area contributed by atoms with Crippen LogP contribution in [0.3, 0.4) is 0 Å². The molecule has 0 aliphatic carbocycles. The van der Waals surface area contributed by atoms with Gasteiger partial charge in [0, 0.05) is 19.3 Å². The fourth-order valence-electron chi connectivity index (χ4n) is 7.37. The number of hydrogen-bond donors (Lipinski definition) is 0. The lowest BCUT2D eigenvalue weighted by atomic mass is 10.1. The Kier molecular flexibility index (Phi) is 51.9. The van der Waals surface area contributed by atoms with Crippen LogP contribution in [0.4, 0.5) is 0 Å². The van der Waals surface area contributed by atoms with E-state index in [4.69, 9.17) is 14.2 Å². The smallest absolute Gasteiger partial charge is 0.306 e. The van der Waals surface area contributed by atoms with Gasteiger partial charge in [-0.15, -0.1) is 0 Å². The number of allylic oxidation sites excluding steroid dienone is 16. The van der Waals surface area contributed by atoms with Crippen molar-refractivity contribution in [1.29, 1.82) is 0 Å². The van der Waals surface area contributed by atoms with Crippen molar-refractivity contribution in [3.05, 3.63) is 97.2 Å². The van der Waals surface area contributed by atoms with Gasteiger partial charge in [0.25, 0.3) is 0 Å². The van der Waals surface area contributed by atoms with E-state index in [1.165, 1.54) is 96.3 Å². The molecule has 6 heteroatoms. The molecule has 0 N–H and O–H groups in total. The van der Waals surface area contributed by atoms with Gasteiger partial charge in [-0.2, -0.15) is 0 Å². The molecule has 0 saturated heterocycles. The summed E-state index contributed by atoms with van der Waals surface area (Å²) in [4.78, 5) is 38.1. The van der Waals surface area contributed by atoms with Crippen molar-refractivity contribution in [2.24, 2.45) is 0 Å². The molecule has 382 valence electrons. The number of hydrogen-bond acceptors (Lipinski definition) is 6. The zero-order valence-electron chi connectivity index (χ0n) is 43.6. The third kappa shape index (κ3) is 53.2. The summed E-state index contributed by atoms with van der Waals surface area (Å²) < 4.78 is 16.8. The lowest BCUT2D eigenvalue weighted by Gasteiger charge is -2.18. The Balaban J connectivity index is 4.46. The maximum Gasteiger partial charge on any atom is 0.306 e. The van der Waals surface area contributed by atoms with Crippen LogP contribution in [0.1, 0.15) is 252 Å². The van der Waals surface area contributed by atoms with Crippen molar-refractivity contribution in [3.8, 4) is 0 Å². The Morgan fingerprint density at radius 2 is 0.582 bits per heavy atom. The molecule has 6 nitrogen and oxygen atoms in total. The van der Waals surface area contributed by atoms with Gasteiger partial charge in [-0.25, -0.2) is 0 Å². The van der Waals surface area contributed by atoms with Crippen molar-refractivity contribution in [2.75, 3.05) is 13.2 Å². The number of unbranched alkanes of at least 4 members (excludes halogenated alkanes) is 22. The highest BCUT2D eigenvalue weighted by atomic mass is 16.6. The van der Waals surface area contributed by atoms with E-state index < -0.39 is 6.10 Å². The molecule has 0 spiro atoms. The van der Waals surface area contributed by atoms with Gasteiger partial charge >= 0.3 is 17.9 Å². The molecule has 0 aromatic rings. The molecule has 1 unspecified atom stereocenters. The largest absolute Gasteiger partial charge is 0.462 e. The standard InChI is InChI=1S/C61H102O6/c1-4-7-10-13-16-19-22-25-28-29-30-31-34-36-39-42-45-48-51-54-60(63)66-57-58(67-61(64)55-52-49-46-43-40-37-33-27-24-21-18-15-12-9-6-3)56-65-59(62)53-50-47-44-41-38-35-32-26-23-20-17-14-11-8-5-2/h9,12,16-21,25-28,32-33,40,43,58H,4-8,10-11,13-15,22-24,29-31,34-39,41-42,44-57H2,1-3H3/b12-9-,19-16-,20-17-,21-18-,28-25-,32-26-,33-27-,43-40-. The van der Waals surface area contributed by atoms with E-state index in [2.05, 4.69) is 118 Å². The van der Waals surface area contributed by atoms with Crippen molar-refractivity contribution in [2.45, 2.75) is 258 Å². The van der Waals surface area contributed by atoms with Crippen LogP contribution in [0.5, 0.6) is 0 Å².